The number of hydrogen-bond donors (Lipinski definition) is 1. The zero-order chi connectivity index (χ0) is 11.2. The van der Waals surface area contributed by atoms with Gasteiger partial charge in [0.05, 0.1) is 0 Å². The van der Waals surface area contributed by atoms with Crippen LogP contribution in [0.25, 0.3) is 0 Å². The highest BCUT2D eigenvalue weighted by Crippen LogP contribution is 2.24. The molecule has 14 heavy (non-hydrogen) atoms. The number of esters is 1. The van der Waals surface area contributed by atoms with Crippen molar-refractivity contribution in [3.05, 3.63) is 12.7 Å². The van der Waals surface area contributed by atoms with E-state index in [9.17, 15) is 9.90 Å². The van der Waals surface area contributed by atoms with E-state index in [1.165, 1.54) is 0 Å². The number of carbonyl (C=O) groups excluding carboxylic acids is 1. The standard InChI is InChI=1S/C11H20O3/c1-5-9(14-10(12)6-2)11(13,7-3)8-4/h6,9,13H,2,5,7-8H2,1,3-4H3. The number of hydrogen-bond acceptors (Lipinski definition) is 3. The Morgan fingerprint density at radius 2 is 2.00 bits per heavy atom. The highest BCUT2D eigenvalue weighted by Gasteiger charge is 2.34. The van der Waals surface area contributed by atoms with Gasteiger partial charge in [0.1, 0.15) is 11.7 Å². The molecular weight excluding hydrogens is 180 g/mol. The number of carbonyl (C=O) groups is 1. The van der Waals surface area contributed by atoms with Gasteiger partial charge in [0.2, 0.25) is 0 Å². The average Bonchev–Trinajstić information content (AvgIpc) is 2.24. The molecule has 1 unspecified atom stereocenters. The first-order valence-electron chi connectivity index (χ1n) is 5.09. The summed E-state index contributed by atoms with van der Waals surface area (Å²) in [6.45, 7) is 8.98. The summed E-state index contributed by atoms with van der Waals surface area (Å²) in [7, 11) is 0. The first-order chi connectivity index (χ1) is 6.53. The van der Waals surface area contributed by atoms with Crippen LogP contribution in [0.15, 0.2) is 12.7 Å². The lowest BCUT2D eigenvalue weighted by molar-refractivity contribution is -0.161. The summed E-state index contributed by atoms with van der Waals surface area (Å²) in [4.78, 5) is 11.0. The van der Waals surface area contributed by atoms with Gasteiger partial charge in [-0.05, 0) is 19.3 Å². The van der Waals surface area contributed by atoms with Crippen molar-refractivity contribution in [2.24, 2.45) is 0 Å². The molecule has 0 aliphatic heterocycles. The molecule has 0 heterocycles. The van der Waals surface area contributed by atoms with E-state index >= 15 is 0 Å². The summed E-state index contributed by atoms with van der Waals surface area (Å²) in [5.74, 6) is -0.475. The van der Waals surface area contributed by atoms with Gasteiger partial charge in [0.15, 0.2) is 0 Å². The van der Waals surface area contributed by atoms with Gasteiger partial charge in [-0.25, -0.2) is 4.79 Å². The normalized spacial score (nSPS) is 13.4. The molecule has 1 atom stereocenters. The van der Waals surface area contributed by atoms with Gasteiger partial charge in [-0.1, -0.05) is 27.4 Å². The molecule has 0 saturated heterocycles. The van der Waals surface area contributed by atoms with E-state index in [4.69, 9.17) is 4.74 Å². The molecule has 0 rings (SSSR count). The Balaban J connectivity index is 4.52. The second-order valence-corrected chi connectivity index (χ2v) is 3.35. The zero-order valence-corrected chi connectivity index (χ0v) is 9.25. The van der Waals surface area contributed by atoms with Crippen molar-refractivity contribution in [3.63, 3.8) is 0 Å². The van der Waals surface area contributed by atoms with Crippen LogP contribution in [0.2, 0.25) is 0 Å². The number of rotatable bonds is 6. The fourth-order valence-corrected chi connectivity index (χ4v) is 1.47. The molecule has 0 aromatic heterocycles. The maximum Gasteiger partial charge on any atom is 0.330 e. The van der Waals surface area contributed by atoms with Crippen molar-refractivity contribution in [2.45, 2.75) is 51.7 Å². The molecule has 0 aliphatic rings. The average molecular weight is 200 g/mol. The lowest BCUT2D eigenvalue weighted by Crippen LogP contribution is -2.43. The Morgan fingerprint density at radius 1 is 1.50 bits per heavy atom. The van der Waals surface area contributed by atoms with Crippen molar-refractivity contribution in [3.8, 4) is 0 Å². The monoisotopic (exact) mass is 200 g/mol. The fraction of sp³-hybridized carbons (Fsp3) is 0.727. The Hall–Kier alpha value is -0.830. The largest absolute Gasteiger partial charge is 0.456 e. The Kier molecular flexibility index (Phi) is 5.46. The highest BCUT2D eigenvalue weighted by molar-refractivity contribution is 5.81. The Bertz CT molecular complexity index is 195. The van der Waals surface area contributed by atoms with Crippen molar-refractivity contribution >= 4 is 5.97 Å². The van der Waals surface area contributed by atoms with Crippen molar-refractivity contribution in [1.82, 2.24) is 0 Å². The van der Waals surface area contributed by atoms with E-state index < -0.39 is 17.7 Å². The predicted octanol–water partition coefficient (Wildman–Crippen LogP) is 2.05. The summed E-state index contributed by atoms with van der Waals surface area (Å²) in [6, 6.07) is 0. The predicted molar refractivity (Wildman–Crippen MR) is 55.9 cm³/mol. The highest BCUT2D eigenvalue weighted by atomic mass is 16.6. The molecular formula is C11H20O3. The van der Waals surface area contributed by atoms with Gasteiger partial charge in [0, 0.05) is 6.08 Å². The van der Waals surface area contributed by atoms with Gasteiger partial charge >= 0.3 is 5.97 Å². The van der Waals surface area contributed by atoms with Crippen LogP contribution in [0.4, 0.5) is 0 Å². The minimum absolute atomic E-state index is 0.442. The third kappa shape index (κ3) is 3.14. The topological polar surface area (TPSA) is 46.5 Å². The van der Waals surface area contributed by atoms with Gasteiger partial charge in [-0.15, -0.1) is 0 Å². The summed E-state index contributed by atoms with van der Waals surface area (Å²) in [5.41, 5.74) is -0.909. The molecule has 3 nitrogen and oxygen atoms in total. The van der Waals surface area contributed by atoms with Crippen LogP contribution in [0.1, 0.15) is 40.0 Å². The van der Waals surface area contributed by atoms with Gasteiger partial charge in [-0.3, -0.25) is 0 Å². The van der Waals surface area contributed by atoms with E-state index in [1.54, 1.807) is 0 Å². The van der Waals surface area contributed by atoms with Crippen LogP contribution >= 0.6 is 0 Å². The third-order valence-corrected chi connectivity index (χ3v) is 2.62. The number of aliphatic hydroxyl groups is 1. The van der Waals surface area contributed by atoms with E-state index in [-0.39, 0.29) is 0 Å². The van der Waals surface area contributed by atoms with E-state index in [0.29, 0.717) is 19.3 Å². The fourth-order valence-electron chi connectivity index (χ4n) is 1.47. The first kappa shape index (κ1) is 13.2. The molecule has 0 saturated carbocycles. The number of ether oxygens (including phenoxy) is 1. The minimum Gasteiger partial charge on any atom is -0.456 e. The SMILES string of the molecule is C=CC(=O)OC(CC)C(O)(CC)CC. The van der Waals surface area contributed by atoms with Crippen LogP contribution < -0.4 is 0 Å². The second-order valence-electron chi connectivity index (χ2n) is 3.35. The molecule has 0 radical (unpaired) electrons. The van der Waals surface area contributed by atoms with Gasteiger partial charge in [-0.2, -0.15) is 0 Å². The quantitative estimate of drug-likeness (QED) is 0.527. The van der Waals surface area contributed by atoms with Crippen molar-refractivity contribution in [1.29, 1.82) is 0 Å². The molecule has 0 amide bonds. The molecule has 82 valence electrons. The second kappa shape index (κ2) is 5.81. The Labute approximate surface area is 85.8 Å². The maximum atomic E-state index is 11.0. The van der Waals surface area contributed by atoms with Crippen LogP contribution in [0, 0.1) is 0 Å². The van der Waals surface area contributed by atoms with Crippen LogP contribution in [-0.4, -0.2) is 22.8 Å². The summed E-state index contributed by atoms with van der Waals surface area (Å²) < 4.78 is 5.09. The van der Waals surface area contributed by atoms with E-state index in [0.717, 1.165) is 6.08 Å². The summed E-state index contributed by atoms with van der Waals surface area (Å²) >= 11 is 0. The lowest BCUT2D eigenvalue weighted by atomic mass is 9.89. The molecule has 0 aromatic carbocycles. The molecule has 0 aromatic rings. The van der Waals surface area contributed by atoms with E-state index in [1.807, 2.05) is 20.8 Å². The van der Waals surface area contributed by atoms with Crippen LogP contribution in [0.5, 0.6) is 0 Å². The minimum atomic E-state index is -0.909. The molecule has 0 bridgehead atoms. The molecule has 0 fully saturated rings. The molecule has 0 aliphatic carbocycles. The zero-order valence-electron chi connectivity index (χ0n) is 9.25. The molecule has 3 heteroatoms. The van der Waals surface area contributed by atoms with Gasteiger partial charge in [0.25, 0.3) is 0 Å². The van der Waals surface area contributed by atoms with Crippen LogP contribution in [0.3, 0.4) is 0 Å². The van der Waals surface area contributed by atoms with Crippen LogP contribution in [-0.2, 0) is 9.53 Å². The lowest BCUT2D eigenvalue weighted by Gasteiger charge is -2.33. The molecule has 1 N–H and O–H groups in total. The third-order valence-electron chi connectivity index (χ3n) is 2.62. The molecule has 0 spiro atoms. The smallest absolute Gasteiger partial charge is 0.330 e. The van der Waals surface area contributed by atoms with Gasteiger partial charge < -0.3 is 9.84 Å². The summed E-state index contributed by atoms with van der Waals surface area (Å²) in [6.07, 6.45) is 2.44. The Morgan fingerprint density at radius 3 is 2.29 bits per heavy atom. The maximum absolute atomic E-state index is 11.0. The summed E-state index contributed by atoms with van der Waals surface area (Å²) in [5, 5.41) is 10.1. The first-order valence-corrected chi connectivity index (χ1v) is 5.09. The van der Waals surface area contributed by atoms with E-state index in [2.05, 4.69) is 6.58 Å². The van der Waals surface area contributed by atoms with Crippen molar-refractivity contribution in [2.75, 3.05) is 0 Å². The van der Waals surface area contributed by atoms with Crippen molar-refractivity contribution < 1.29 is 14.6 Å².